The highest BCUT2D eigenvalue weighted by Crippen LogP contribution is 2.13. The number of methoxy groups -OCH3 is 2. The maximum Gasteiger partial charge on any atom is 0.147 e. The van der Waals surface area contributed by atoms with Gasteiger partial charge in [-0.15, -0.1) is 0 Å². The van der Waals surface area contributed by atoms with Crippen LogP contribution in [0.15, 0.2) is 10.8 Å². The van der Waals surface area contributed by atoms with Crippen molar-refractivity contribution in [2.75, 3.05) is 32.8 Å². The Morgan fingerprint density at radius 3 is 2.50 bits per heavy atom. The van der Waals surface area contributed by atoms with Crippen molar-refractivity contribution in [2.24, 2.45) is 0 Å². The Balaban J connectivity index is 2.68. The van der Waals surface area contributed by atoms with Gasteiger partial charge in [0.2, 0.25) is 0 Å². The lowest BCUT2D eigenvalue weighted by Crippen LogP contribution is -2.30. The first-order chi connectivity index (χ1) is 7.67. The molecule has 1 heterocycles. The summed E-state index contributed by atoms with van der Waals surface area (Å²) in [6.45, 7) is 3.02. The van der Waals surface area contributed by atoms with Gasteiger partial charge in [0.25, 0.3) is 0 Å². The molecule has 0 bridgehead atoms. The zero-order valence-electron chi connectivity index (χ0n) is 9.66. The average Bonchev–Trinajstić information content (AvgIpc) is 2.23. The molecule has 1 aromatic heterocycles. The fourth-order valence-corrected chi connectivity index (χ4v) is 1.69. The van der Waals surface area contributed by atoms with Gasteiger partial charge in [-0.1, -0.05) is 0 Å². The Kier molecular flexibility index (Phi) is 5.65. The normalized spacial score (nSPS) is 10.8. The molecule has 0 amide bonds. The molecule has 16 heavy (non-hydrogen) atoms. The Morgan fingerprint density at radius 2 is 2.00 bits per heavy atom. The summed E-state index contributed by atoms with van der Waals surface area (Å²) in [6, 6.07) is 0.0733. The molecule has 0 fully saturated rings. The van der Waals surface area contributed by atoms with E-state index in [9.17, 15) is 0 Å². The molecular formula is C10H16BrN3O2. The summed E-state index contributed by atoms with van der Waals surface area (Å²) >= 11 is 3.27. The topological polar surface area (TPSA) is 56.3 Å². The van der Waals surface area contributed by atoms with Crippen LogP contribution < -0.4 is 5.32 Å². The van der Waals surface area contributed by atoms with Crippen LogP contribution in [0.1, 0.15) is 5.69 Å². The van der Waals surface area contributed by atoms with Crippen molar-refractivity contribution in [3.05, 3.63) is 16.5 Å². The summed E-state index contributed by atoms with van der Waals surface area (Å²) in [6.07, 6.45) is 1.66. The molecule has 0 radical (unpaired) electrons. The first-order valence-electron chi connectivity index (χ1n) is 4.91. The molecule has 6 heteroatoms. The highest BCUT2D eigenvalue weighted by atomic mass is 79.9. The lowest BCUT2D eigenvalue weighted by Gasteiger charge is -2.18. The van der Waals surface area contributed by atoms with Crippen LogP contribution in [0.2, 0.25) is 0 Å². The van der Waals surface area contributed by atoms with Crippen molar-refractivity contribution in [1.82, 2.24) is 9.97 Å². The van der Waals surface area contributed by atoms with Crippen LogP contribution >= 0.6 is 15.9 Å². The van der Waals surface area contributed by atoms with Crippen LogP contribution in [-0.4, -0.2) is 43.4 Å². The highest BCUT2D eigenvalue weighted by Gasteiger charge is 2.10. The zero-order chi connectivity index (χ0) is 12.0. The van der Waals surface area contributed by atoms with E-state index in [0.29, 0.717) is 13.2 Å². The standard InChI is InChI=1S/C10H16BrN3O2/c1-7-10(12-4-9(11)13-7)14-8(5-15-2)6-16-3/h4,8H,5-6H2,1-3H3,(H,12,14). The molecule has 0 unspecified atom stereocenters. The van der Waals surface area contributed by atoms with Gasteiger partial charge in [0.15, 0.2) is 0 Å². The Bertz CT molecular complexity index is 330. The van der Waals surface area contributed by atoms with E-state index in [4.69, 9.17) is 9.47 Å². The van der Waals surface area contributed by atoms with Gasteiger partial charge in [-0.3, -0.25) is 0 Å². The number of anilines is 1. The summed E-state index contributed by atoms with van der Waals surface area (Å²) in [5, 5.41) is 3.23. The maximum absolute atomic E-state index is 5.09. The monoisotopic (exact) mass is 289 g/mol. The largest absolute Gasteiger partial charge is 0.382 e. The lowest BCUT2D eigenvalue weighted by atomic mass is 10.3. The van der Waals surface area contributed by atoms with Crippen LogP contribution in [0.4, 0.5) is 5.82 Å². The van der Waals surface area contributed by atoms with Gasteiger partial charge in [0, 0.05) is 14.2 Å². The average molecular weight is 290 g/mol. The number of ether oxygens (including phenoxy) is 2. The first-order valence-corrected chi connectivity index (χ1v) is 5.70. The molecule has 1 aromatic rings. The molecule has 0 aliphatic heterocycles. The number of nitrogens with zero attached hydrogens (tertiary/aromatic N) is 2. The molecule has 0 aliphatic rings. The van der Waals surface area contributed by atoms with E-state index in [1.165, 1.54) is 0 Å². The van der Waals surface area contributed by atoms with Gasteiger partial charge in [-0.05, 0) is 22.9 Å². The van der Waals surface area contributed by atoms with Gasteiger partial charge >= 0.3 is 0 Å². The van der Waals surface area contributed by atoms with E-state index >= 15 is 0 Å². The van der Waals surface area contributed by atoms with Crippen molar-refractivity contribution in [2.45, 2.75) is 13.0 Å². The van der Waals surface area contributed by atoms with Crippen molar-refractivity contribution in [1.29, 1.82) is 0 Å². The summed E-state index contributed by atoms with van der Waals surface area (Å²) in [4.78, 5) is 8.51. The third-order valence-electron chi connectivity index (χ3n) is 1.99. The predicted molar refractivity (Wildman–Crippen MR) is 65.6 cm³/mol. The van der Waals surface area contributed by atoms with Crippen LogP contribution in [0, 0.1) is 6.92 Å². The van der Waals surface area contributed by atoms with Gasteiger partial charge in [0.1, 0.15) is 10.4 Å². The van der Waals surface area contributed by atoms with Crippen LogP contribution in [0.5, 0.6) is 0 Å². The molecule has 0 aliphatic carbocycles. The minimum absolute atomic E-state index is 0.0733. The molecule has 0 atom stereocenters. The zero-order valence-corrected chi connectivity index (χ0v) is 11.2. The highest BCUT2D eigenvalue weighted by molar-refractivity contribution is 9.10. The summed E-state index contributed by atoms with van der Waals surface area (Å²) in [5.74, 6) is 0.752. The van der Waals surface area contributed by atoms with Crippen molar-refractivity contribution in [3.63, 3.8) is 0 Å². The fourth-order valence-electron chi connectivity index (χ4n) is 1.32. The maximum atomic E-state index is 5.09. The molecule has 1 rings (SSSR count). The SMILES string of the molecule is COCC(COC)Nc1ncc(Br)nc1C. The minimum atomic E-state index is 0.0733. The van der Waals surface area contributed by atoms with Gasteiger partial charge < -0.3 is 14.8 Å². The summed E-state index contributed by atoms with van der Waals surface area (Å²) in [5.41, 5.74) is 0.839. The van der Waals surface area contributed by atoms with Crippen molar-refractivity contribution >= 4 is 21.7 Å². The Morgan fingerprint density at radius 1 is 1.38 bits per heavy atom. The molecule has 0 saturated carbocycles. The summed E-state index contributed by atoms with van der Waals surface area (Å²) < 4.78 is 10.9. The Labute approximate surface area is 104 Å². The number of aromatic nitrogens is 2. The number of halogens is 1. The second-order valence-electron chi connectivity index (χ2n) is 3.38. The number of hydrogen-bond donors (Lipinski definition) is 1. The smallest absolute Gasteiger partial charge is 0.147 e. The molecule has 0 spiro atoms. The first kappa shape index (κ1) is 13.3. The fraction of sp³-hybridized carbons (Fsp3) is 0.600. The van der Waals surface area contributed by atoms with Gasteiger partial charge in [0.05, 0.1) is 31.1 Å². The van der Waals surface area contributed by atoms with E-state index in [-0.39, 0.29) is 6.04 Å². The third-order valence-corrected chi connectivity index (χ3v) is 2.38. The molecular weight excluding hydrogens is 274 g/mol. The quantitative estimate of drug-likeness (QED) is 0.863. The van der Waals surface area contributed by atoms with E-state index in [0.717, 1.165) is 16.1 Å². The number of rotatable bonds is 6. The number of aryl methyl sites for hydroxylation is 1. The predicted octanol–water partition coefficient (Wildman–Crippen LogP) is 1.62. The Hall–Kier alpha value is -0.720. The van der Waals surface area contributed by atoms with Crippen LogP contribution in [0.25, 0.3) is 0 Å². The molecule has 1 N–H and O–H groups in total. The number of nitrogens with one attached hydrogen (secondary N) is 1. The van der Waals surface area contributed by atoms with E-state index < -0.39 is 0 Å². The van der Waals surface area contributed by atoms with Crippen LogP contribution in [-0.2, 0) is 9.47 Å². The lowest BCUT2D eigenvalue weighted by molar-refractivity contribution is 0.126. The van der Waals surface area contributed by atoms with E-state index in [1.807, 2.05) is 6.92 Å². The van der Waals surface area contributed by atoms with Crippen LogP contribution in [0.3, 0.4) is 0 Å². The van der Waals surface area contributed by atoms with Crippen molar-refractivity contribution < 1.29 is 9.47 Å². The summed E-state index contributed by atoms with van der Waals surface area (Å²) in [7, 11) is 3.31. The van der Waals surface area contributed by atoms with E-state index in [1.54, 1.807) is 20.4 Å². The molecule has 5 nitrogen and oxygen atoms in total. The third kappa shape index (κ3) is 4.03. The van der Waals surface area contributed by atoms with Gasteiger partial charge in [-0.25, -0.2) is 9.97 Å². The van der Waals surface area contributed by atoms with Crippen molar-refractivity contribution in [3.8, 4) is 0 Å². The molecule has 90 valence electrons. The van der Waals surface area contributed by atoms with E-state index in [2.05, 4.69) is 31.2 Å². The molecule has 0 saturated heterocycles. The second kappa shape index (κ2) is 6.78. The minimum Gasteiger partial charge on any atom is -0.382 e. The second-order valence-corrected chi connectivity index (χ2v) is 4.19. The molecule has 0 aromatic carbocycles. The van der Waals surface area contributed by atoms with Gasteiger partial charge in [-0.2, -0.15) is 0 Å². The number of hydrogen-bond acceptors (Lipinski definition) is 5.